The van der Waals surface area contributed by atoms with Crippen LogP contribution < -0.4 is 5.56 Å². The van der Waals surface area contributed by atoms with Gasteiger partial charge < -0.3 is 4.90 Å². The Labute approximate surface area is 202 Å². The Morgan fingerprint density at radius 2 is 1.74 bits per heavy atom. The van der Waals surface area contributed by atoms with Crippen LogP contribution in [0.25, 0.3) is 22.4 Å². The van der Waals surface area contributed by atoms with Crippen LogP contribution in [0, 0.1) is 0 Å². The van der Waals surface area contributed by atoms with Gasteiger partial charge in [0.1, 0.15) is 0 Å². The van der Waals surface area contributed by atoms with Crippen LogP contribution in [0.3, 0.4) is 0 Å². The van der Waals surface area contributed by atoms with Crippen LogP contribution >= 0.6 is 11.8 Å². The summed E-state index contributed by atoms with van der Waals surface area (Å²) in [6.07, 6.45) is 3.38. The Kier molecular flexibility index (Phi) is 6.98. The maximum absolute atomic E-state index is 13.6. The van der Waals surface area contributed by atoms with E-state index in [1.165, 1.54) is 11.8 Å². The first-order valence-corrected chi connectivity index (χ1v) is 12.1. The molecular formula is C26H27N5O2S. The van der Waals surface area contributed by atoms with Crippen LogP contribution in [0.4, 0.5) is 0 Å². The number of amides is 1. The summed E-state index contributed by atoms with van der Waals surface area (Å²) >= 11 is 1.29. The van der Waals surface area contributed by atoms with Crippen molar-refractivity contribution >= 4 is 34.3 Å². The van der Waals surface area contributed by atoms with E-state index in [1.807, 2.05) is 46.9 Å². The maximum atomic E-state index is 13.6. The van der Waals surface area contributed by atoms with Crippen LogP contribution in [-0.2, 0) is 4.79 Å². The molecule has 0 aliphatic heterocycles. The molecule has 4 rings (SSSR count). The number of rotatable bonds is 9. The molecule has 0 bridgehead atoms. The second-order valence-electron chi connectivity index (χ2n) is 8.15. The van der Waals surface area contributed by atoms with Crippen molar-refractivity contribution in [3.63, 3.8) is 0 Å². The van der Waals surface area contributed by atoms with Gasteiger partial charge in [-0.2, -0.15) is 0 Å². The van der Waals surface area contributed by atoms with Gasteiger partial charge >= 0.3 is 0 Å². The number of hydrogen-bond donors (Lipinski definition) is 0. The predicted molar refractivity (Wildman–Crippen MR) is 138 cm³/mol. The number of nitrogens with zero attached hydrogens (tertiary/aromatic N) is 5. The molecule has 2 aromatic carbocycles. The van der Waals surface area contributed by atoms with E-state index in [4.69, 9.17) is 0 Å². The average molecular weight is 474 g/mol. The molecule has 2 heterocycles. The lowest BCUT2D eigenvalue weighted by Crippen LogP contribution is -2.32. The third-order valence-corrected chi connectivity index (χ3v) is 6.48. The molecule has 34 heavy (non-hydrogen) atoms. The first kappa shape index (κ1) is 23.5. The van der Waals surface area contributed by atoms with Gasteiger partial charge in [0, 0.05) is 13.1 Å². The van der Waals surface area contributed by atoms with E-state index < -0.39 is 0 Å². The van der Waals surface area contributed by atoms with E-state index in [0.717, 1.165) is 11.3 Å². The number of carbonyl (C=O) groups excluding carboxylic acids is 1. The van der Waals surface area contributed by atoms with Crippen LogP contribution in [0.2, 0.25) is 0 Å². The fraction of sp³-hybridized carbons (Fsp3) is 0.231. The number of para-hydroxylation sites is 2. The summed E-state index contributed by atoms with van der Waals surface area (Å²) in [5.41, 5.74) is 2.37. The highest BCUT2D eigenvalue weighted by Gasteiger charge is 2.21. The number of benzene rings is 2. The van der Waals surface area contributed by atoms with Gasteiger partial charge in [0.15, 0.2) is 5.16 Å². The maximum Gasteiger partial charge on any atom is 0.267 e. The normalized spacial score (nSPS) is 11.3. The largest absolute Gasteiger partial charge is 0.335 e. The second-order valence-corrected chi connectivity index (χ2v) is 9.10. The molecule has 0 fully saturated rings. The molecule has 0 N–H and O–H groups in total. The molecular weight excluding hydrogens is 446 g/mol. The standard InChI is InChI=1S/C26H27N5O2S/c1-5-15-29(16-6-2)23(32)17-34-26-28-27-25-30(21-13-9-7-11-19(21)18(3)4)24(33)20-12-8-10-14-22(20)31(25)26/h5-14,18H,1-2,15-17H2,3-4H3. The van der Waals surface area contributed by atoms with E-state index in [2.05, 4.69) is 37.2 Å². The number of aromatic nitrogens is 4. The molecule has 0 aliphatic rings. The quantitative estimate of drug-likeness (QED) is 0.265. The van der Waals surface area contributed by atoms with Gasteiger partial charge in [0.25, 0.3) is 5.56 Å². The van der Waals surface area contributed by atoms with E-state index >= 15 is 0 Å². The lowest BCUT2D eigenvalue weighted by molar-refractivity contribution is -0.127. The molecule has 0 spiro atoms. The number of thioether (sulfide) groups is 1. The zero-order valence-electron chi connectivity index (χ0n) is 19.3. The van der Waals surface area contributed by atoms with Gasteiger partial charge in [-0.05, 0) is 29.7 Å². The highest BCUT2D eigenvalue weighted by Crippen LogP contribution is 2.27. The van der Waals surface area contributed by atoms with Gasteiger partial charge in [-0.1, -0.05) is 68.1 Å². The van der Waals surface area contributed by atoms with Crippen molar-refractivity contribution in [3.05, 3.63) is 89.8 Å². The minimum atomic E-state index is -0.153. The third kappa shape index (κ3) is 4.28. The summed E-state index contributed by atoms with van der Waals surface area (Å²) in [6.45, 7) is 12.5. The smallest absolute Gasteiger partial charge is 0.267 e. The number of carbonyl (C=O) groups is 1. The zero-order chi connectivity index (χ0) is 24.2. The SMILES string of the molecule is C=CCN(CC=C)C(=O)CSc1nnc2n(-c3ccccc3C(C)C)c(=O)c3ccccc3n12. The Balaban J connectivity index is 1.87. The van der Waals surface area contributed by atoms with Crippen LogP contribution in [0.5, 0.6) is 0 Å². The molecule has 8 heteroatoms. The van der Waals surface area contributed by atoms with Gasteiger partial charge in [-0.3, -0.25) is 14.0 Å². The molecule has 4 aromatic rings. The van der Waals surface area contributed by atoms with Crippen molar-refractivity contribution in [2.45, 2.75) is 24.9 Å². The van der Waals surface area contributed by atoms with Crippen molar-refractivity contribution < 1.29 is 4.79 Å². The average Bonchev–Trinajstić information content (AvgIpc) is 3.26. The summed E-state index contributed by atoms with van der Waals surface area (Å²) in [5, 5.41) is 9.88. The van der Waals surface area contributed by atoms with Gasteiger partial charge in [-0.15, -0.1) is 23.4 Å². The zero-order valence-corrected chi connectivity index (χ0v) is 20.2. The monoisotopic (exact) mass is 473 g/mol. The fourth-order valence-corrected chi connectivity index (χ4v) is 4.82. The third-order valence-electron chi connectivity index (χ3n) is 5.57. The molecule has 0 saturated heterocycles. The summed E-state index contributed by atoms with van der Waals surface area (Å²) < 4.78 is 3.48. The van der Waals surface area contributed by atoms with Crippen molar-refractivity contribution in [1.82, 2.24) is 24.1 Å². The molecule has 2 aromatic heterocycles. The van der Waals surface area contributed by atoms with Gasteiger partial charge in [0.2, 0.25) is 11.7 Å². The molecule has 7 nitrogen and oxygen atoms in total. The molecule has 174 valence electrons. The highest BCUT2D eigenvalue weighted by atomic mass is 32.2. The minimum absolute atomic E-state index is 0.0515. The van der Waals surface area contributed by atoms with Gasteiger partial charge in [-0.25, -0.2) is 4.57 Å². The van der Waals surface area contributed by atoms with Crippen molar-refractivity contribution in [1.29, 1.82) is 0 Å². The van der Waals surface area contributed by atoms with E-state index in [1.54, 1.807) is 27.7 Å². The predicted octanol–water partition coefficient (Wildman–Crippen LogP) is 4.45. The molecule has 0 radical (unpaired) electrons. The molecule has 1 amide bonds. The fourth-order valence-electron chi connectivity index (χ4n) is 3.98. The first-order chi connectivity index (χ1) is 16.5. The summed E-state index contributed by atoms with van der Waals surface area (Å²) in [7, 11) is 0. The molecule has 0 saturated carbocycles. The molecule has 0 unspecified atom stereocenters. The Hall–Kier alpha value is -3.65. The second kappa shape index (κ2) is 10.1. The molecule has 0 aliphatic carbocycles. The lowest BCUT2D eigenvalue weighted by Gasteiger charge is -2.19. The van der Waals surface area contributed by atoms with Crippen LogP contribution in [0.15, 0.2) is 83.8 Å². The Bertz CT molecular complexity index is 1430. The van der Waals surface area contributed by atoms with Crippen molar-refractivity contribution in [2.75, 3.05) is 18.8 Å². The van der Waals surface area contributed by atoms with Crippen LogP contribution in [-0.4, -0.2) is 48.8 Å². The number of hydrogen-bond acceptors (Lipinski definition) is 5. The summed E-state index contributed by atoms with van der Waals surface area (Å²) in [5.74, 6) is 0.758. The van der Waals surface area contributed by atoms with Crippen molar-refractivity contribution in [2.24, 2.45) is 0 Å². The van der Waals surface area contributed by atoms with E-state index in [-0.39, 0.29) is 23.1 Å². The summed E-state index contributed by atoms with van der Waals surface area (Å²) in [4.78, 5) is 28.1. The van der Waals surface area contributed by atoms with E-state index in [9.17, 15) is 9.59 Å². The van der Waals surface area contributed by atoms with Gasteiger partial charge in [0.05, 0.1) is 22.3 Å². The topological polar surface area (TPSA) is 72.5 Å². The van der Waals surface area contributed by atoms with Crippen molar-refractivity contribution in [3.8, 4) is 5.69 Å². The summed E-state index contributed by atoms with van der Waals surface area (Å²) in [6, 6.07) is 15.2. The lowest BCUT2D eigenvalue weighted by atomic mass is 10.0. The minimum Gasteiger partial charge on any atom is -0.335 e. The highest BCUT2D eigenvalue weighted by molar-refractivity contribution is 7.99. The Morgan fingerprint density at radius 1 is 1.06 bits per heavy atom. The van der Waals surface area contributed by atoms with Crippen LogP contribution in [0.1, 0.15) is 25.3 Å². The Morgan fingerprint density at radius 3 is 2.44 bits per heavy atom. The molecule has 0 atom stereocenters. The number of fused-ring (bicyclic) bond motifs is 3. The first-order valence-electron chi connectivity index (χ1n) is 11.1. The van der Waals surface area contributed by atoms with E-state index in [0.29, 0.717) is 34.9 Å².